The standard InChI is InChI=1S/C8H9ClN2O/c9-7-6(4-12)10-11-8(7)5-2-1-3-5/h4-5H,1-3H2,(H,10,11). The fourth-order valence-electron chi connectivity index (χ4n) is 1.40. The number of carbonyl (C=O) groups is 1. The number of aldehydes is 1. The topological polar surface area (TPSA) is 45.8 Å². The van der Waals surface area contributed by atoms with Gasteiger partial charge in [-0.15, -0.1) is 0 Å². The third kappa shape index (κ3) is 1.05. The van der Waals surface area contributed by atoms with Crippen molar-refractivity contribution >= 4 is 17.9 Å². The molecule has 1 fully saturated rings. The van der Waals surface area contributed by atoms with Crippen molar-refractivity contribution in [3.8, 4) is 0 Å². The Bertz CT molecular complexity index is 304. The third-order valence-corrected chi connectivity index (χ3v) is 2.78. The fourth-order valence-corrected chi connectivity index (χ4v) is 1.69. The maximum Gasteiger partial charge on any atom is 0.171 e. The zero-order valence-electron chi connectivity index (χ0n) is 6.51. The van der Waals surface area contributed by atoms with E-state index in [9.17, 15) is 4.79 Å². The van der Waals surface area contributed by atoms with Crippen molar-refractivity contribution in [2.45, 2.75) is 25.2 Å². The van der Waals surface area contributed by atoms with Crippen molar-refractivity contribution in [2.75, 3.05) is 0 Å². The van der Waals surface area contributed by atoms with Crippen LogP contribution in [0.5, 0.6) is 0 Å². The highest BCUT2D eigenvalue weighted by Crippen LogP contribution is 2.38. The molecule has 1 N–H and O–H groups in total. The molecule has 0 radical (unpaired) electrons. The summed E-state index contributed by atoms with van der Waals surface area (Å²) in [6.45, 7) is 0. The molecule has 0 unspecified atom stereocenters. The van der Waals surface area contributed by atoms with Gasteiger partial charge in [0.2, 0.25) is 0 Å². The predicted molar refractivity (Wildman–Crippen MR) is 45.6 cm³/mol. The Balaban J connectivity index is 2.31. The molecule has 4 heteroatoms. The minimum absolute atomic E-state index is 0.332. The number of halogens is 1. The molecule has 1 heterocycles. The minimum Gasteiger partial charge on any atom is -0.296 e. The maximum atomic E-state index is 10.4. The normalized spacial score (nSPS) is 17.4. The van der Waals surface area contributed by atoms with E-state index in [4.69, 9.17) is 11.6 Å². The highest BCUT2D eigenvalue weighted by atomic mass is 35.5. The third-order valence-electron chi connectivity index (χ3n) is 2.38. The Morgan fingerprint density at radius 2 is 2.33 bits per heavy atom. The van der Waals surface area contributed by atoms with Gasteiger partial charge in [0.1, 0.15) is 5.69 Å². The van der Waals surface area contributed by atoms with Crippen LogP contribution in [0, 0.1) is 0 Å². The molecule has 0 atom stereocenters. The highest BCUT2D eigenvalue weighted by Gasteiger charge is 2.25. The Labute approximate surface area is 75.1 Å². The quantitative estimate of drug-likeness (QED) is 0.716. The Kier molecular flexibility index (Phi) is 1.89. The van der Waals surface area contributed by atoms with Crippen molar-refractivity contribution in [1.82, 2.24) is 10.2 Å². The van der Waals surface area contributed by atoms with Gasteiger partial charge in [-0.3, -0.25) is 9.89 Å². The molecular weight excluding hydrogens is 176 g/mol. The van der Waals surface area contributed by atoms with Gasteiger partial charge in [-0.2, -0.15) is 5.10 Å². The molecule has 1 aromatic heterocycles. The number of rotatable bonds is 2. The SMILES string of the molecule is O=Cc1n[nH]c(C2CCC2)c1Cl. The number of aromatic amines is 1. The summed E-state index contributed by atoms with van der Waals surface area (Å²) in [4.78, 5) is 10.4. The summed E-state index contributed by atoms with van der Waals surface area (Å²) in [5, 5.41) is 7.13. The summed E-state index contributed by atoms with van der Waals surface area (Å²) in [5.74, 6) is 0.499. The van der Waals surface area contributed by atoms with Gasteiger partial charge in [0.05, 0.1) is 10.7 Å². The van der Waals surface area contributed by atoms with Crippen LogP contribution in [0.15, 0.2) is 0 Å². The minimum atomic E-state index is 0.332. The van der Waals surface area contributed by atoms with Crippen LogP contribution in [0.2, 0.25) is 5.02 Å². The van der Waals surface area contributed by atoms with E-state index in [1.165, 1.54) is 6.42 Å². The van der Waals surface area contributed by atoms with Gasteiger partial charge in [0.25, 0.3) is 0 Å². The molecule has 3 nitrogen and oxygen atoms in total. The van der Waals surface area contributed by atoms with E-state index in [0.717, 1.165) is 18.5 Å². The molecule has 12 heavy (non-hydrogen) atoms. The number of hydrogen-bond acceptors (Lipinski definition) is 2. The lowest BCUT2D eigenvalue weighted by Gasteiger charge is -2.23. The second-order valence-electron chi connectivity index (χ2n) is 3.08. The van der Waals surface area contributed by atoms with Crippen LogP contribution in [-0.4, -0.2) is 16.5 Å². The largest absolute Gasteiger partial charge is 0.296 e. The Morgan fingerprint density at radius 1 is 1.58 bits per heavy atom. The molecule has 0 aromatic carbocycles. The van der Waals surface area contributed by atoms with Gasteiger partial charge in [-0.05, 0) is 12.8 Å². The second-order valence-corrected chi connectivity index (χ2v) is 3.46. The van der Waals surface area contributed by atoms with E-state index in [-0.39, 0.29) is 0 Å². The monoisotopic (exact) mass is 184 g/mol. The number of nitrogens with zero attached hydrogens (tertiary/aromatic N) is 1. The zero-order valence-corrected chi connectivity index (χ0v) is 7.27. The van der Waals surface area contributed by atoms with Gasteiger partial charge in [-0.1, -0.05) is 18.0 Å². The van der Waals surface area contributed by atoms with E-state index in [1.807, 2.05) is 0 Å². The van der Waals surface area contributed by atoms with E-state index >= 15 is 0 Å². The number of carbonyl (C=O) groups excluding carboxylic acids is 1. The first kappa shape index (κ1) is 7.80. The van der Waals surface area contributed by atoms with Crippen molar-refractivity contribution in [3.05, 3.63) is 16.4 Å². The smallest absolute Gasteiger partial charge is 0.171 e. The number of H-pyrrole nitrogens is 1. The van der Waals surface area contributed by atoms with Crippen LogP contribution in [-0.2, 0) is 0 Å². The van der Waals surface area contributed by atoms with Crippen LogP contribution in [0.25, 0.3) is 0 Å². The van der Waals surface area contributed by atoms with Crippen molar-refractivity contribution in [3.63, 3.8) is 0 Å². The summed E-state index contributed by atoms with van der Waals surface area (Å²) in [5.41, 5.74) is 1.27. The van der Waals surface area contributed by atoms with Gasteiger partial charge < -0.3 is 0 Å². The molecule has 64 valence electrons. The average molecular weight is 185 g/mol. The van der Waals surface area contributed by atoms with Crippen molar-refractivity contribution < 1.29 is 4.79 Å². The van der Waals surface area contributed by atoms with Crippen LogP contribution in [0.4, 0.5) is 0 Å². The van der Waals surface area contributed by atoms with Crippen LogP contribution in [0.1, 0.15) is 41.4 Å². The lowest BCUT2D eigenvalue weighted by molar-refractivity contribution is 0.111. The molecule has 0 aliphatic heterocycles. The van der Waals surface area contributed by atoms with Crippen LogP contribution in [0.3, 0.4) is 0 Å². The van der Waals surface area contributed by atoms with Crippen molar-refractivity contribution in [1.29, 1.82) is 0 Å². The molecule has 0 spiro atoms. The van der Waals surface area contributed by atoms with Gasteiger partial charge in [0, 0.05) is 5.92 Å². The summed E-state index contributed by atoms with van der Waals surface area (Å²) >= 11 is 5.91. The van der Waals surface area contributed by atoms with Crippen LogP contribution >= 0.6 is 11.6 Å². The zero-order chi connectivity index (χ0) is 8.55. The van der Waals surface area contributed by atoms with Gasteiger partial charge in [-0.25, -0.2) is 0 Å². The molecule has 1 aromatic rings. The van der Waals surface area contributed by atoms with E-state index in [0.29, 0.717) is 22.9 Å². The molecule has 0 saturated heterocycles. The summed E-state index contributed by atoms with van der Waals surface area (Å²) in [7, 11) is 0. The second kappa shape index (κ2) is 2.90. The van der Waals surface area contributed by atoms with Gasteiger partial charge in [0.15, 0.2) is 6.29 Å². The predicted octanol–water partition coefficient (Wildman–Crippen LogP) is 2.14. The molecule has 2 rings (SSSR count). The van der Waals surface area contributed by atoms with Crippen LogP contribution < -0.4 is 0 Å². The highest BCUT2D eigenvalue weighted by molar-refractivity contribution is 6.33. The summed E-state index contributed by atoms with van der Waals surface area (Å²) in [6, 6.07) is 0. The van der Waals surface area contributed by atoms with Gasteiger partial charge >= 0.3 is 0 Å². The first-order chi connectivity index (χ1) is 5.83. The summed E-state index contributed by atoms with van der Waals surface area (Å²) in [6.07, 6.45) is 4.23. The van der Waals surface area contributed by atoms with E-state index in [2.05, 4.69) is 10.2 Å². The maximum absolute atomic E-state index is 10.4. The molecular formula is C8H9ClN2O. The molecule has 0 bridgehead atoms. The number of aromatic nitrogens is 2. The Morgan fingerprint density at radius 3 is 2.75 bits per heavy atom. The van der Waals surface area contributed by atoms with E-state index in [1.54, 1.807) is 0 Å². The molecule has 1 saturated carbocycles. The lowest BCUT2D eigenvalue weighted by Crippen LogP contribution is -2.09. The first-order valence-corrected chi connectivity index (χ1v) is 4.39. The summed E-state index contributed by atoms with van der Waals surface area (Å²) < 4.78 is 0. The number of hydrogen-bond donors (Lipinski definition) is 1. The van der Waals surface area contributed by atoms with Crippen molar-refractivity contribution in [2.24, 2.45) is 0 Å². The molecule has 1 aliphatic rings. The fraction of sp³-hybridized carbons (Fsp3) is 0.500. The first-order valence-electron chi connectivity index (χ1n) is 4.02. The molecule has 0 amide bonds. The lowest BCUT2D eigenvalue weighted by atomic mass is 9.83. The number of nitrogens with one attached hydrogen (secondary N) is 1. The average Bonchev–Trinajstić information content (AvgIpc) is 2.30. The van der Waals surface area contributed by atoms with E-state index < -0.39 is 0 Å². The Hall–Kier alpha value is -0.830. The molecule has 1 aliphatic carbocycles.